The first-order chi connectivity index (χ1) is 5.20. The Morgan fingerprint density at radius 1 is 1.45 bits per heavy atom. The van der Waals surface area contributed by atoms with E-state index in [9.17, 15) is 4.79 Å². The van der Waals surface area contributed by atoms with Crippen molar-refractivity contribution >= 4 is 5.97 Å². The molecular weight excluding hydrogens is 140 g/mol. The van der Waals surface area contributed by atoms with Gasteiger partial charge in [0, 0.05) is 5.57 Å². The monoisotopic (exact) mass is 152 g/mol. The lowest BCUT2D eigenvalue weighted by atomic mass is 9.93. The van der Waals surface area contributed by atoms with Gasteiger partial charge in [-0.15, -0.1) is 0 Å². The first kappa shape index (κ1) is 6.89. The lowest BCUT2D eigenvalue weighted by Gasteiger charge is -2.12. The van der Waals surface area contributed by atoms with Crippen molar-refractivity contribution in [3.63, 3.8) is 0 Å². The van der Waals surface area contributed by atoms with E-state index in [1.54, 1.807) is 0 Å². The van der Waals surface area contributed by atoms with Crippen molar-refractivity contribution in [1.82, 2.24) is 0 Å². The van der Waals surface area contributed by atoms with Crippen molar-refractivity contribution in [2.45, 2.75) is 26.2 Å². The normalized spacial score (nSPS) is 35.0. The Kier molecular flexibility index (Phi) is 1.31. The predicted molar refractivity (Wildman–Crippen MR) is 41.2 cm³/mol. The van der Waals surface area contributed by atoms with E-state index in [2.05, 4.69) is 0 Å². The molecule has 1 fully saturated rings. The van der Waals surface area contributed by atoms with Crippen LogP contribution in [0.2, 0.25) is 0 Å². The van der Waals surface area contributed by atoms with Gasteiger partial charge in [-0.2, -0.15) is 0 Å². The zero-order valence-electron chi connectivity index (χ0n) is 6.63. The lowest BCUT2D eigenvalue weighted by Crippen LogP contribution is -2.10. The third-order valence-corrected chi connectivity index (χ3v) is 3.11. The molecule has 1 saturated carbocycles. The number of aliphatic carboxylic acids is 1. The van der Waals surface area contributed by atoms with Crippen LogP contribution in [0.1, 0.15) is 26.2 Å². The van der Waals surface area contributed by atoms with Crippen LogP contribution in [-0.2, 0) is 4.79 Å². The summed E-state index contributed by atoms with van der Waals surface area (Å²) < 4.78 is 0. The molecule has 0 heterocycles. The van der Waals surface area contributed by atoms with Crippen molar-refractivity contribution in [2.24, 2.45) is 11.8 Å². The maximum atomic E-state index is 10.7. The molecule has 2 heteroatoms. The number of carbonyl (C=O) groups is 1. The summed E-state index contributed by atoms with van der Waals surface area (Å²) in [4.78, 5) is 10.7. The van der Waals surface area contributed by atoms with E-state index >= 15 is 0 Å². The Morgan fingerprint density at radius 2 is 2.09 bits per heavy atom. The summed E-state index contributed by atoms with van der Waals surface area (Å²) in [7, 11) is 0. The molecule has 2 rings (SSSR count). The minimum absolute atomic E-state index is 0.387. The summed E-state index contributed by atoms with van der Waals surface area (Å²) in [5.41, 5.74) is 1.87. The molecule has 2 unspecified atom stereocenters. The van der Waals surface area contributed by atoms with E-state index in [0.29, 0.717) is 11.8 Å². The summed E-state index contributed by atoms with van der Waals surface area (Å²) >= 11 is 0. The fourth-order valence-corrected chi connectivity index (χ4v) is 2.52. The second kappa shape index (κ2) is 2.10. The number of fused-ring (bicyclic) bond motifs is 2. The van der Waals surface area contributed by atoms with E-state index < -0.39 is 5.97 Å². The molecule has 2 atom stereocenters. The molecule has 1 N–H and O–H groups in total. The van der Waals surface area contributed by atoms with Crippen LogP contribution >= 0.6 is 0 Å². The van der Waals surface area contributed by atoms with Gasteiger partial charge >= 0.3 is 5.97 Å². The number of hydrogen-bond donors (Lipinski definition) is 1. The molecule has 60 valence electrons. The molecule has 0 aromatic carbocycles. The predicted octanol–water partition coefficient (Wildman–Crippen LogP) is 1.82. The third kappa shape index (κ3) is 0.817. The highest BCUT2D eigenvalue weighted by Gasteiger charge is 2.39. The number of hydrogen-bond acceptors (Lipinski definition) is 1. The van der Waals surface area contributed by atoms with Gasteiger partial charge in [-0.25, -0.2) is 4.79 Å². The molecule has 0 aromatic rings. The van der Waals surface area contributed by atoms with Gasteiger partial charge in [0.1, 0.15) is 0 Å². The second-order valence-electron chi connectivity index (χ2n) is 3.61. The topological polar surface area (TPSA) is 37.3 Å². The van der Waals surface area contributed by atoms with E-state index in [-0.39, 0.29) is 0 Å². The maximum absolute atomic E-state index is 10.7. The van der Waals surface area contributed by atoms with Gasteiger partial charge in [0.25, 0.3) is 0 Å². The maximum Gasteiger partial charge on any atom is 0.331 e. The fourth-order valence-electron chi connectivity index (χ4n) is 2.52. The molecule has 2 nitrogen and oxygen atoms in total. The Hall–Kier alpha value is -0.790. The van der Waals surface area contributed by atoms with Crippen molar-refractivity contribution in [1.29, 1.82) is 0 Å². The highest BCUT2D eigenvalue weighted by atomic mass is 16.4. The number of allylic oxidation sites excluding steroid dienone is 1. The summed E-state index contributed by atoms with van der Waals surface area (Å²) in [5, 5.41) is 8.85. The van der Waals surface area contributed by atoms with Crippen LogP contribution in [0, 0.1) is 11.8 Å². The molecule has 0 amide bonds. The molecule has 0 saturated heterocycles. The number of rotatable bonds is 1. The quantitative estimate of drug-likeness (QED) is 0.622. The fraction of sp³-hybridized carbons (Fsp3) is 0.667. The largest absolute Gasteiger partial charge is 0.478 e. The molecule has 0 aliphatic heterocycles. The van der Waals surface area contributed by atoms with Crippen LogP contribution in [0.15, 0.2) is 11.1 Å². The molecule has 2 aliphatic carbocycles. The van der Waals surface area contributed by atoms with Crippen molar-refractivity contribution in [3.05, 3.63) is 11.1 Å². The Bertz CT molecular complexity index is 240. The Labute approximate surface area is 65.9 Å². The van der Waals surface area contributed by atoms with Crippen LogP contribution < -0.4 is 0 Å². The highest BCUT2D eigenvalue weighted by molar-refractivity contribution is 5.89. The first-order valence-corrected chi connectivity index (χ1v) is 4.14. The number of carboxylic acid groups (broad SMARTS) is 1. The molecule has 0 spiro atoms. The van der Waals surface area contributed by atoms with Crippen molar-refractivity contribution in [3.8, 4) is 0 Å². The van der Waals surface area contributed by atoms with Gasteiger partial charge in [-0.05, 0) is 38.0 Å². The highest BCUT2D eigenvalue weighted by Crippen LogP contribution is 2.48. The van der Waals surface area contributed by atoms with E-state index in [4.69, 9.17) is 5.11 Å². The van der Waals surface area contributed by atoms with E-state index in [1.165, 1.54) is 6.42 Å². The zero-order chi connectivity index (χ0) is 8.01. The molecule has 11 heavy (non-hydrogen) atoms. The Morgan fingerprint density at radius 3 is 2.45 bits per heavy atom. The average Bonchev–Trinajstić information content (AvgIpc) is 2.44. The lowest BCUT2D eigenvalue weighted by molar-refractivity contribution is -0.133. The zero-order valence-corrected chi connectivity index (χ0v) is 6.63. The van der Waals surface area contributed by atoms with Gasteiger partial charge < -0.3 is 5.11 Å². The second-order valence-corrected chi connectivity index (χ2v) is 3.61. The standard InChI is InChI=1S/C9H12O2/c1-5-6-2-3-7(4-6)8(5)9(10)11/h6-7H,2-4H2,1H3,(H,10,11). The summed E-state index contributed by atoms with van der Waals surface area (Å²) in [5.74, 6) is 0.304. The molecule has 2 aliphatic rings. The first-order valence-electron chi connectivity index (χ1n) is 4.14. The summed E-state index contributed by atoms with van der Waals surface area (Å²) in [6, 6.07) is 0. The smallest absolute Gasteiger partial charge is 0.331 e. The minimum Gasteiger partial charge on any atom is -0.478 e. The van der Waals surface area contributed by atoms with Crippen molar-refractivity contribution in [2.75, 3.05) is 0 Å². The van der Waals surface area contributed by atoms with Gasteiger partial charge in [0.15, 0.2) is 0 Å². The average molecular weight is 152 g/mol. The molecular formula is C9H12O2. The number of carboxylic acids is 1. The summed E-state index contributed by atoms with van der Waals surface area (Å²) in [6.45, 7) is 1.98. The van der Waals surface area contributed by atoms with Crippen molar-refractivity contribution < 1.29 is 9.90 Å². The third-order valence-electron chi connectivity index (χ3n) is 3.11. The van der Waals surface area contributed by atoms with Crippen LogP contribution in [0.3, 0.4) is 0 Å². The van der Waals surface area contributed by atoms with Gasteiger partial charge in [0.2, 0.25) is 0 Å². The van der Waals surface area contributed by atoms with Crippen LogP contribution in [-0.4, -0.2) is 11.1 Å². The molecule has 2 bridgehead atoms. The van der Waals surface area contributed by atoms with Gasteiger partial charge in [-0.1, -0.05) is 5.57 Å². The molecule has 0 radical (unpaired) electrons. The van der Waals surface area contributed by atoms with E-state index in [1.807, 2.05) is 6.92 Å². The van der Waals surface area contributed by atoms with E-state index in [0.717, 1.165) is 24.0 Å². The Balaban J connectivity index is 2.37. The minimum atomic E-state index is -0.685. The summed E-state index contributed by atoms with van der Waals surface area (Å²) in [6.07, 6.45) is 3.42. The molecule has 0 aromatic heterocycles. The van der Waals surface area contributed by atoms with Crippen LogP contribution in [0.4, 0.5) is 0 Å². The van der Waals surface area contributed by atoms with Gasteiger partial charge in [0.05, 0.1) is 0 Å². The van der Waals surface area contributed by atoms with Gasteiger partial charge in [-0.3, -0.25) is 0 Å². The SMILES string of the molecule is CC1=C(C(=O)O)C2CCC1C2. The van der Waals surface area contributed by atoms with Crippen LogP contribution in [0.25, 0.3) is 0 Å². The van der Waals surface area contributed by atoms with Crippen LogP contribution in [0.5, 0.6) is 0 Å².